The largest absolute Gasteiger partial charge is 0.491 e. The third-order valence-corrected chi connectivity index (χ3v) is 4.47. The van der Waals surface area contributed by atoms with Gasteiger partial charge in [0, 0.05) is 22.7 Å². The number of benzene rings is 1. The van der Waals surface area contributed by atoms with E-state index in [4.69, 9.17) is 10.5 Å². The second-order valence-corrected chi connectivity index (χ2v) is 8.01. The molecule has 0 saturated heterocycles. The summed E-state index contributed by atoms with van der Waals surface area (Å²) < 4.78 is 46.7. The molecule has 2 heterocycles. The van der Waals surface area contributed by atoms with E-state index in [1.165, 1.54) is 18.2 Å². The Bertz CT molecular complexity index is 1000. The summed E-state index contributed by atoms with van der Waals surface area (Å²) in [5.74, 6) is -0.306. The number of fused-ring (bicyclic) bond motifs is 1. The first-order valence-electron chi connectivity index (χ1n) is 9.39. The van der Waals surface area contributed by atoms with Gasteiger partial charge >= 0.3 is 0 Å². The van der Waals surface area contributed by atoms with Gasteiger partial charge in [0.15, 0.2) is 0 Å². The van der Waals surface area contributed by atoms with Gasteiger partial charge < -0.3 is 10.5 Å². The van der Waals surface area contributed by atoms with E-state index in [-0.39, 0.29) is 23.8 Å². The van der Waals surface area contributed by atoms with Gasteiger partial charge in [-0.15, -0.1) is 0 Å². The Hall–Kier alpha value is -2.67. The summed E-state index contributed by atoms with van der Waals surface area (Å²) in [5.41, 5.74) is 6.59. The highest BCUT2D eigenvalue weighted by atomic mass is 19.3. The predicted octanol–water partition coefficient (Wildman–Crippen LogP) is 5.52. The quantitative estimate of drug-likeness (QED) is 0.565. The summed E-state index contributed by atoms with van der Waals surface area (Å²) in [6, 6.07) is 8.87. The summed E-state index contributed by atoms with van der Waals surface area (Å²) in [7, 11) is 0. The van der Waals surface area contributed by atoms with Crippen LogP contribution in [0, 0.1) is 11.7 Å². The Morgan fingerprint density at radius 2 is 1.90 bits per heavy atom. The number of aromatic nitrogens is 2. The Balaban J connectivity index is 1.92. The van der Waals surface area contributed by atoms with Crippen LogP contribution in [0.1, 0.15) is 39.3 Å². The molecule has 2 aromatic heterocycles. The van der Waals surface area contributed by atoms with E-state index >= 15 is 0 Å². The summed E-state index contributed by atoms with van der Waals surface area (Å²) in [5, 5.41) is 0.507. The predicted molar refractivity (Wildman–Crippen MR) is 107 cm³/mol. The number of rotatable bonds is 7. The van der Waals surface area contributed by atoms with Crippen LogP contribution in [-0.2, 0) is 0 Å². The van der Waals surface area contributed by atoms with Gasteiger partial charge in [-0.1, -0.05) is 6.92 Å². The Morgan fingerprint density at radius 1 is 1.14 bits per heavy atom. The summed E-state index contributed by atoms with van der Waals surface area (Å²) in [6.07, 6.45) is -0.576. The Labute approximate surface area is 167 Å². The van der Waals surface area contributed by atoms with Crippen LogP contribution in [0.3, 0.4) is 0 Å². The van der Waals surface area contributed by atoms with Crippen LogP contribution < -0.4 is 10.5 Å². The van der Waals surface area contributed by atoms with Crippen LogP contribution in [0.15, 0.2) is 42.6 Å². The van der Waals surface area contributed by atoms with E-state index in [1.54, 1.807) is 24.4 Å². The third kappa shape index (κ3) is 5.23. The van der Waals surface area contributed by atoms with Crippen molar-refractivity contribution >= 4 is 10.9 Å². The minimum Gasteiger partial charge on any atom is -0.491 e. The Morgan fingerprint density at radius 3 is 2.59 bits per heavy atom. The molecule has 4 nitrogen and oxygen atoms in total. The smallest absolute Gasteiger partial charge is 0.284 e. The van der Waals surface area contributed by atoms with Gasteiger partial charge in [0.25, 0.3) is 6.43 Å². The minimum atomic E-state index is -2.81. The van der Waals surface area contributed by atoms with Crippen molar-refractivity contribution in [3.8, 4) is 17.0 Å². The molecule has 3 aromatic rings. The van der Waals surface area contributed by atoms with Crippen molar-refractivity contribution in [1.82, 2.24) is 9.97 Å². The monoisotopic (exact) mass is 403 g/mol. The van der Waals surface area contributed by atoms with E-state index in [1.807, 2.05) is 20.8 Å². The third-order valence-electron chi connectivity index (χ3n) is 4.47. The lowest BCUT2D eigenvalue weighted by atomic mass is 9.93. The van der Waals surface area contributed by atoms with Crippen molar-refractivity contribution in [3.63, 3.8) is 0 Å². The van der Waals surface area contributed by atoms with Gasteiger partial charge in [0.2, 0.25) is 0 Å². The standard InChI is InChI=1S/C22H24F3N3O/c1-13(11-22(2,3)26)12-29-19-7-6-18(28-20(19)21(24)25)15-8-9-27-17-5-4-14(23)10-16(15)17/h4-10,13,21H,11-12,26H2,1-3H3. The first-order chi connectivity index (χ1) is 13.6. The van der Waals surface area contributed by atoms with E-state index in [2.05, 4.69) is 9.97 Å². The summed E-state index contributed by atoms with van der Waals surface area (Å²) in [6.45, 7) is 6.03. The maximum atomic E-state index is 13.7. The molecule has 29 heavy (non-hydrogen) atoms. The first kappa shape index (κ1) is 21.0. The SMILES string of the molecule is CC(COc1ccc(-c2ccnc3ccc(F)cc23)nc1C(F)F)CC(C)(C)N. The lowest BCUT2D eigenvalue weighted by Crippen LogP contribution is -2.35. The summed E-state index contributed by atoms with van der Waals surface area (Å²) >= 11 is 0. The minimum absolute atomic E-state index is 0.0370. The number of halogens is 3. The number of nitrogens with zero attached hydrogens (tertiary/aromatic N) is 2. The highest BCUT2D eigenvalue weighted by molar-refractivity contribution is 5.93. The fraction of sp³-hybridized carbons (Fsp3) is 0.364. The van der Waals surface area contributed by atoms with Crippen molar-refractivity contribution in [1.29, 1.82) is 0 Å². The molecule has 0 radical (unpaired) electrons. The number of hydrogen-bond donors (Lipinski definition) is 1. The maximum absolute atomic E-state index is 13.7. The number of alkyl halides is 2. The second kappa shape index (κ2) is 8.37. The van der Waals surface area contributed by atoms with Crippen molar-refractivity contribution in [2.75, 3.05) is 6.61 Å². The average molecular weight is 403 g/mol. The normalized spacial score (nSPS) is 13.1. The molecule has 0 aliphatic rings. The van der Waals surface area contributed by atoms with E-state index in [9.17, 15) is 13.2 Å². The molecular weight excluding hydrogens is 379 g/mol. The number of nitrogens with two attached hydrogens (primary N) is 1. The van der Waals surface area contributed by atoms with E-state index in [0.29, 0.717) is 28.6 Å². The number of pyridine rings is 2. The molecule has 1 atom stereocenters. The first-order valence-corrected chi connectivity index (χ1v) is 9.39. The van der Waals surface area contributed by atoms with Crippen LogP contribution in [0.5, 0.6) is 5.75 Å². The molecule has 154 valence electrons. The molecule has 0 spiro atoms. The van der Waals surface area contributed by atoms with E-state index in [0.717, 1.165) is 0 Å². The van der Waals surface area contributed by atoms with Crippen LogP contribution in [0.2, 0.25) is 0 Å². The zero-order chi connectivity index (χ0) is 21.2. The molecule has 0 saturated carbocycles. The Kier molecular flexibility index (Phi) is 6.07. The molecule has 0 fully saturated rings. The molecule has 0 aliphatic carbocycles. The number of ether oxygens (including phenoxy) is 1. The molecule has 7 heteroatoms. The molecule has 0 amide bonds. The van der Waals surface area contributed by atoms with E-state index < -0.39 is 17.9 Å². The van der Waals surface area contributed by atoms with Crippen LogP contribution in [-0.4, -0.2) is 22.1 Å². The van der Waals surface area contributed by atoms with Crippen molar-refractivity contribution in [3.05, 3.63) is 54.1 Å². The number of hydrogen-bond acceptors (Lipinski definition) is 4. The zero-order valence-corrected chi connectivity index (χ0v) is 16.6. The fourth-order valence-electron chi connectivity index (χ4n) is 3.42. The molecular formula is C22H24F3N3O. The molecule has 3 rings (SSSR count). The van der Waals surface area contributed by atoms with Gasteiger partial charge in [0.05, 0.1) is 17.8 Å². The topological polar surface area (TPSA) is 61.0 Å². The average Bonchev–Trinajstić information content (AvgIpc) is 2.64. The van der Waals surface area contributed by atoms with Crippen LogP contribution in [0.25, 0.3) is 22.2 Å². The van der Waals surface area contributed by atoms with Gasteiger partial charge in [-0.2, -0.15) is 0 Å². The fourth-order valence-corrected chi connectivity index (χ4v) is 3.42. The summed E-state index contributed by atoms with van der Waals surface area (Å²) in [4.78, 5) is 8.31. The molecule has 1 unspecified atom stereocenters. The lowest BCUT2D eigenvalue weighted by Gasteiger charge is -2.23. The molecule has 0 aliphatic heterocycles. The lowest BCUT2D eigenvalue weighted by molar-refractivity contribution is 0.136. The van der Waals surface area contributed by atoms with Gasteiger partial charge in [-0.3, -0.25) is 4.98 Å². The van der Waals surface area contributed by atoms with Gasteiger partial charge in [-0.05, 0) is 62.6 Å². The maximum Gasteiger partial charge on any atom is 0.284 e. The zero-order valence-electron chi connectivity index (χ0n) is 16.6. The molecule has 0 bridgehead atoms. The van der Waals surface area contributed by atoms with Crippen molar-refractivity contribution in [2.24, 2.45) is 11.7 Å². The van der Waals surface area contributed by atoms with Crippen LogP contribution >= 0.6 is 0 Å². The van der Waals surface area contributed by atoms with Crippen molar-refractivity contribution in [2.45, 2.75) is 39.2 Å². The highest BCUT2D eigenvalue weighted by Gasteiger charge is 2.21. The van der Waals surface area contributed by atoms with Crippen molar-refractivity contribution < 1.29 is 17.9 Å². The molecule has 1 aromatic carbocycles. The highest BCUT2D eigenvalue weighted by Crippen LogP contribution is 2.33. The van der Waals surface area contributed by atoms with Gasteiger partial charge in [0.1, 0.15) is 17.3 Å². The molecule has 2 N–H and O–H groups in total. The second-order valence-electron chi connectivity index (χ2n) is 8.01. The van der Waals surface area contributed by atoms with Crippen LogP contribution in [0.4, 0.5) is 13.2 Å². The van der Waals surface area contributed by atoms with Gasteiger partial charge in [-0.25, -0.2) is 18.2 Å².